The summed E-state index contributed by atoms with van der Waals surface area (Å²) < 4.78 is 5.08. The van der Waals surface area contributed by atoms with Gasteiger partial charge in [-0.15, -0.1) is 0 Å². The van der Waals surface area contributed by atoms with Gasteiger partial charge in [0.1, 0.15) is 5.75 Å². The number of nitrogens with one attached hydrogen (secondary N) is 2. The summed E-state index contributed by atoms with van der Waals surface area (Å²) in [6.07, 6.45) is 1.59. The van der Waals surface area contributed by atoms with E-state index in [4.69, 9.17) is 4.74 Å². The third-order valence-corrected chi connectivity index (χ3v) is 4.10. The minimum Gasteiger partial charge on any atom is -0.497 e. The van der Waals surface area contributed by atoms with Crippen LogP contribution in [0.15, 0.2) is 58.8 Å². The van der Waals surface area contributed by atoms with Gasteiger partial charge in [-0.05, 0) is 42.0 Å². The van der Waals surface area contributed by atoms with E-state index in [1.807, 2.05) is 48.5 Å². The number of carbonyl (C=O) groups is 1. The number of hydrogen-bond donors (Lipinski definition) is 2. The molecule has 0 spiro atoms. The van der Waals surface area contributed by atoms with Crippen LogP contribution in [0, 0.1) is 0 Å². The highest BCUT2D eigenvalue weighted by Crippen LogP contribution is 2.18. The Kier molecular flexibility index (Phi) is 5.12. The fraction of sp³-hybridized carbons (Fsp3) is 0.118. The fourth-order valence-electron chi connectivity index (χ4n) is 2.03. The minimum atomic E-state index is -0.190. The van der Waals surface area contributed by atoms with Gasteiger partial charge in [0.2, 0.25) is 0 Å². The molecule has 24 heavy (non-hydrogen) atoms. The number of amides is 1. The first-order valence-corrected chi connectivity index (χ1v) is 8.26. The van der Waals surface area contributed by atoms with Gasteiger partial charge >= 0.3 is 0 Å². The monoisotopic (exact) mass is 340 g/mol. The average Bonchev–Trinajstić information content (AvgIpc) is 3.03. The van der Waals surface area contributed by atoms with Gasteiger partial charge in [0.15, 0.2) is 5.16 Å². The van der Waals surface area contributed by atoms with Crippen molar-refractivity contribution in [2.24, 2.45) is 5.10 Å². The Balaban J connectivity index is 1.49. The van der Waals surface area contributed by atoms with E-state index in [-0.39, 0.29) is 11.7 Å². The Morgan fingerprint density at radius 3 is 2.83 bits per heavy atom. The van der Waals surface area contributed by atoms with E-state index in [1.165, 1.54) is 11.8 Å². The van der Waals surface area contributed by atoms with Gasteiger partial charge in [0.05, 0.1) is 30.1 Å². The summed E-state index contributed by atoms with van der Waals surface area (Å²) in [5, 5.41) is 4.66. The summed E-state index contributed by atoms with van der Waals surface area (Å²) >= 11 is 1.34. The van der Waals surface area contributed by atoms with Crippen molar-refractivity contribution in [3.05, 3.63) is 54.1 Å². The highest BCUT2D eigenvalue weighted by atomic mass is 32.2. The molecule has 0 aliphatic heterocycles. The van der Waals surface area contributed by atoms with Gasteiger partial charge in [-0.1, -0.05) is 23.9 Å². The zero-order valence-electron chi connectivity index (χ0n) is 13.0. The number of para-hydroxylation sites is 2. The molecule has 1 heterocycles. The van der Waals surface area contributed by atoms with Gasteiger partial charge in [-0.2, -0.15) is 5.10 Å². The number of hydrazone groups is 1. The van der Waals surface area contributed by atoms with Crippen molar-refractivity contribution in [2.75, 3.05) is 12.9 Å². The summed E-state index contributed by atoms with van der Waals surface area (Å²) in [5.74, 6) is 0.823. The summed E-state index contributed by atoms with van der Waals surface area (Å²) in [6.45, 7) is 0. The number of methoxy groups -OCH3 is 1. The number of nitrogens with zero attached hydrogens (tertiary/aromatic N) is 2. The molecule has 1 aromatic heterocycles. The first-order valence-electron chi connectivity index (χ1n) is 7.28. The van der Waals surface area contributed by atoms with Crippen LogP contribution in [0.3, 0.4) is 0 Å². The molecule has 0 radical (unpaired) electrons. The Bertz CT molecular complexity index is 825. The maximum absolute atomic E-state index is 11.8. The maximum atomic E-state index is 11.8. The summed E-state index contributed by atoms with van der Waals surface area (Å²) in [7, 11) is 1.61. The van der Waals surface area contributed by atoms with Crippen LogP contribution in [0.25, 0.3) is 11.0 Å². The molecule has 7 heteroatoms. The van der Waals surface area contributed by atoms with E-state index in [1.54, 1.807) is 13.3 Å². The highest BCUT2D eigenvalue weighted by molar-refractivity contribution is 7.99. The number of rotatable bonds is 6. The van der Waals surface area contributed by atoms with E-state index in [9.17, 15) is 4.79 Å². The minimum absolute atomic E-state index is 0.190. The standard InChI is InChI=1S/C17H16N4O2S/c1-23-13-8-6-12(7-9-13)10-18-21-16(22)11-24-17-19-14-4-2-3-5-15(14)20-17/h2-10H,11H2,1H3,(H,19,20)(H,21,22)/b18-10-. The van der Waals surface area contributed by atoms with Gasteiger partial charge in [0.25, 0.3) is 5.91 Å². The predicted octanol–water partition coefficient (Wildman–Crippen LogP) is 2.81. The van der Waals surface area contributed by atoms with Crippen LogP contribution in [0.5, 0.6) is 5.75 Å². The van der Waals surface area contributed by atoms with E-state index >= 15 is 0 Å². The zero-order chi connectivity index (χ0) is 16.8. The van der Waals surface area contributed by atoms with Crippen LogP contribution < -0.4 is 10.2 Å². The van der Waals surface area contributed by atoms with Crippen LogP contribution in [0.1, 0.15) is 5.56 Å². The number of carbonyl (C=O) groups excluding carboxylic acids is 1. The lowest BCUT2D eigenvalue weighted by molar-refractivity contribution is -0.118. The molecule has 3 aromatic rings. The number of hydrogen-bond acceptors (Lipinski definition) is 5. The van der Waals surface area contributed by atoms with E-state index < -0.39 is 0 Å². The second-order valence-corrected chi connectivity index (χ2v) is 5.88. The number of fused-ring (bicyclic) bond motifs is 1. The van der Waals surface area contributed by atoms with Crippen molar-refractivity contribution in [3.8, 4) is 5.75 Å². The second-order valence-electron chi connectivity index (χ2n) is 4.91. The molecule has 0 saturated carbocycles. The average molecular weight is 340 g/mol. The molecular weight excluding hydrogens is 324 g/mol. The Labute approximate surface area is 143 Å². The molecule has 0 aliphatic carbocycles. The number of aromatic nitrogens is 2. The van der Waals surface area contributed by atoms with E-state index in [0.717, 1.165) is 22.3 Å². The SMILES string of the molecule is COc1ccc(/C=N\NC(=O)CSc2nc3ccccc3[nH]2)cc1. The first kappa shape index (κ1) is 16.1. The van der Waals surface area contributed by atoms with Crippen molar-refractivity contribution in [1.82, 2.24) is 15.4 Å². The lowest BCUT2D eigenvalue weighted by Gasteiger charge is -2.00. The van der Waals surface area contributed by atoms with Crippen molar-refractivity contribution in [1.29, 1.82) is 0 Å². The lowest BCUT2D eigenvalue weighted by atomic mass is 10.2. The van der Waals surface area contributed by atoms with Crippen LogP contribution in [-0.4, -0.2) is 35.0 Å². The lowest BCUT2D eigenvalue weighted by Crippen LogP contribution is -2.19. The summed E-state index contributed by atoms with van der Waals surface area (Å²) in [5.41, 5.74) is 5.22. The number of aromatic amines is 1. The molecule has 0 atom stereocenters. The zero-order valence-corrected chi connectivity index (χ0v) is 13.8. The van der Waals surface area contributed by atoms with Crippen LogP contribution in [0.2, 0.25) is 0 Å². The fourth-order valence-corrected chi connectivity index (χ4v) is 2.71. The number of ether oxygens (including phenoxy) is 1. The van der Waals surface area contributed by atoms with E-state index in [0.29, 0.717) is 5.16 Å². The van der Waals surface area contributed by atoms with E-state index in [2.05, 4.69) is 20.5 Å². The van der Waals surface area contributed by atoms with Crippen molar-refractivity contribution in [3.63, 3.8) is 0 Å². The van der Waals surface area contributed by atoms with Gasteiger partial charge in [0, 0.05) is 0 Å². The smallest absolute Gasteiger partial charge is 0.250 e. The molecule has 2 N–H and O–H groups in total. The molecule has 6 nitrogen and oxygen atoms in total. The third-order valence-electron chi connectivity index (χ3n) is 3.23. The molecule has 3 rings (SSSR count). The van der Waals surface area contributed by atoms with Gasteiger partial charge in [-0.3, -0.25) is 4.79 Å². The first-order chi connectivity index (χ1) is 11.7. The van der Waals surface area contributed by atoms with Crippen LogP contribution in [0.4, 0.5) is 0 Å². The number of thioether (sulfide) groups is 1. The van der Waals surface area contributed by atoms with Crippen molar-refractivity contribution >= 4 is 34.9 Å². The normalized spacial score (nSPS) is 11.0. The molecular formula is C17H16N4O2S. The maximum Gasteiger partial charge on any atom is 0.250 e. The van der Waals surface area contributed by atoms with Crippen LogP contribution in [-0.2, 0) is 4.79 Å². The highest BCUT2D eigenvalue weighted by Gasteiger charge is 2.06. The predicted molar refractivity (Wildman–Crippen MR) is 95.5 cm³/mol. The largest absolute Gasteiger partial charge is 0.497 e. The summed E-state index contributed by atoms with van der Waals surface area (Å²) in [4.78, 5) is 19.4. The van der Waals surface area contributed by atoms with Crippen molar-refractivity contribution in [2.45, 2.75) is 5.16 Å². The Morgan fingerprint density at radius 1 is 1.29 bits per heavy atom. The number of H-pyrrole nitrogens is 1. The molecule has 2 aromatic carbocycles. The number of imidazole rings is 1. The van der Waals surface area contributed by atoms with Gasteiger partial charge < -0.3 is 9.72 Å². The molecule has 122 valence electrons. The van der Waals surface area contributed by atoms with Gasteiger partial charge in [-0.25, -0.2) is 10.4 Å². The molecule has 0 bridgehead atoms. The third kappa shape index (κ3) is 4.14. The number of benzene rings is 2. The molecule has 0 saturated heterocycles. The van der Waals surface area contributed by atoms with Crippen LogP contribution >= 0.6 is 11.8 Å². The second kappa shape index (κ2) is 7.65. The van der Waals surface area contributed by atoms with Crippen molar-refractivity contribution < 1.29 is 9.53 Å². The molecule has 0 aliphatic rings. The molecule has 0 unspecified atom stereocenters. The Hall–Kier alpha value is -2.80. The quantitative estimate of drug-likeness (QED) is 0.411. The molecule has 1 amide bonds. The molecule has 0 fully saturated rings. The topological polar surface area (TPSA) is 79.4 Å². The Morgan fingerprint density at radius 2 is 2.08 bits per heavy atom. The summed E-state index contributed by atoms with van der Waals surface area (Å²) in [6, 6.07) is 15.1.